The highest BCUT2D eigenvalue weighted by atomic mass is 16.5. The molecule has 0 spiro atoms. The first-order valence-corrected chi connectivity index (χ1v) is 12.6. The number of hydrogen-bond acceptors (Lipinski definition) is 5. The van der Waals surface area contributed by atoms with Crippen LogP contribution in [0.2, 0.25) is 0 Å². The fourth-order valence-corrected chi connectivity index (χ4v) is 4.98. The van der Waals surface area contributed by atoms with Crippen LogP contribution in [0.5, 0.6) is 11.5 Å². The number of hydrogen-bond donors (Lipinski definition) is 0. The van der Waals surface area contributed by atoms with Gasteiger partial charge in [-0.1, -0.05) is 39.0 Å². The van der Waals surface area contributed by atoms with Crippen LogP contribution in [0.3, 0.4) is 0 Å². The summed E-state index contributed by atoms with van der Waals surface area (Å²) in [4.78, 5) is 2.34. The molecule has 0 saturated heterocycles. The molecule has 6 heteroatoms. The number of rotatable bonds is 12. The third-order valence-electron chi connectivity index (χ3n) is 7.30. The Balaban J connectivity index is 1.67. The van der Waals surface area contributed by atoms with Gasteiger partial charge in [0, 0.05) is 19.0 Å². The van der Waals surface area contributed by atoms with Crippen LogP contribution in [0.1, 0.15) is 50.4 Å². The van der Waals surface area contributed by atoms with Gasteiger partial charge in [-0.3, -0.25) is 4.68 Å². The second-order valence-corrected chi connectivity index (χ2v) is 9.74. The molecule has 0 N–H and O–H groups in total. The lowest BCUT2D eigenvalue weighted by Gasteiger charge is -2.32. The average Bonchev–Trinajstić information content (AvgIpc) is 3.20. The molecular weight excluding hydrogens is 436 g/mol. The van der Waals surface area contributed by atoms with E-state index < -0.39 is 5.41 Å². The molecule has 0 aliphatic rings. The first-order valence-electron chi connectivity index (χ1n) is 12.6. The van der Waals surface area contributed by atoms with E-state index in [0.29, 0.717) is 0 Å². The Kier molecular flexibility index (Phi) is 8.80. The van der Waals surface area contributed by atoms with Gasteiger partial charge in [-0.25, -0.2) is 0 Å². The van der Waals surface area contributed by atoms with E-state index in [9.17, 15) is 5.26 Å². The molecule has 1 atom stereocenters. The minimum Gasteiger partial charge on any atom is -0.493 e. The van der Waals surface area contributed by atoms with Crippen molar-refractivity contribution in [2.75, 3.05) is 34.4 Å². The number of ether oxygens (including phenoxy) is 2. The fraction of sp³-hybridized carbons (Fsp3) is 0.517. The zero-order chi connectivity index (χ0) is 25.6. The van der Waals surface area contributed by atoms with E-state index in [0.717, 1.165) is 67.0 Å². The standard InChI is InChI=1S/C29H40N4O2/c1-8-25-24-12-11-23(19-26(24)33(5)31-25)29(20-30,21(2)3)15-9-16-32(4)17-14-22-10-13-27(34-6)28(18-22)35-7/h10-13,18-19,21H,8-9,14-17H2,1-7H3. The van der Waals surface area contributed by atoms with Crippen LogP contribution >= 0.6 is 0 Å². The highest BCUT2D eigenvalue weighted by molar-refractivity contribution is 5.83. The topological polar surface area (TPSA) is 63.3 Å². The molecule has 0 amide bonds. The number of aromatic nitrogens is 2. The van der Waals surface area contributed by atoms with Gasteiger partial charge >= 0.3 is 0 Å². The van der Waals surface area contributed by atoms with Crippen molar-refractivity contribution in [3.63, 3.8) is 0 Å². The number of nitrogens with zero attached hydrogens (tertiary/aromatic N) is 4. The Morgan fingerprint density at radius 3 is 2.46 bits per heavy atom. The highest BCUT2D eigenvalue weighted by Gasteiger charge is 2.36. The molecule has 0 saturated carbocycles. The number of likely N-dealkylation sites (N-methyl/N-ethyl adjacent to an activating group) is 1. The van der Waals surface area contributed by atoms with Gasteiger partial charge in [0.15, 0.2) is 11.5 Å². The molecule has 6 nitrogen and oxygen atoms in total. The molecular formula is C29H40N4O2. The molecule has 35 heavy (non-hydrogen) atoms. The average molecular weight is 477 g/mol. The van der Waals surface area contributed by atoms with Crippen molar-refractivity contribution in [3.05, 3.63) is 53.2 Å². The number of benzene rings is 2. The maximum atomic E-state index is 10.4. The zero-order valence-corrected chi connectivity index (χ0v) is 22.4. The van der Waals surface area contributed by atoms with Crippen molar-refractivity contribution < 1.29 is 9.47 Å². The molecule has 1 heterocycles. The molecule has 2 aromatic carbocycles. The third-order valence-corrected chi connectivity index (χ3v) is 7.30. The van der Waals surface area contributed by atoms with E-state index in [1.54, 1.807) is 14.2 Å². The highest BCUT2D eigenvalue weighted by Crippen LogP contribution is 2.38. The van der Waals surface area contributed by atoms with Crippen molar-refractivity contribution in [3.8, 4) is 17.6 Å². The molecule has 3 rings (SSSR count). The normalized spacial score (nSPS) is 13.3. The van der Waals surface area contributed by atoms with Crippen molar-refractivity contribution in [2.45, 2.75) is 51.9 Å². The number of aryl methyl sites for hydroxylation is 2. The van der Waals surface area contributed by atoms with Gasteiger partial charge in [0.1, 0.15) is 0 Å². The number of methoxy groups -OCH3 is 2. The Morgan fingerprint density at radius 2 is 1.83 bits per heavy atom. The summed E-state index contributed by atoms with van der Waals surface area (Å²) in [6, 6.07) is 15.3. The molecule has 3 aromatic rings. The maximum Gasteiger partial charge on any atom is 0.160 e. The smallest absolute Gasteiger partial charge is 0.160 e. The molecule has 0 aliphatic carbocycles. The molecule has 1 aromatic heterocycles. The molecule has 0 aliphatic heterocycles. The Labute approximate surface area is 210 Å². The summed E-state index contributed by atoms with van der Waals surface area (Å²) >= 11 is 0. The van der Waals surface area contributed by atoms with Crippen LogP contribution in [-0.4, -0.2) is 49.0 Å². The zero-order valence-electron chi connectivity index (χ0n) is 22.4. The minimum atomic E-state index is -0.519. The number of nitriles is 1. The van der Waals surface area contributed by atoms with Gasteiger partial charge < -0.3 is 14.4 Å². The van der Waals surface area contributed by atoms with Crippen molar-refractivity contribution in [2.24, 2.45) is 13.0 Å². The van der Waals surface area contributed by atoms with E-state index in [4.69, 9.17) is 9.47 Å². The summed E-state index contributed by atoms with van der Waals surface area (Å²) in [5.74, 6) is 1.72. The largest absolute Gasteiger partial charge is 0.493 e. The first-order chi connectivity index (χ1) is 16.8. The Hall–Kier alpha value is -3.04. The van der Waals surface area contributed by atoms with Crippen LogP contribution in [0.25, 0.3) is 10.9 Å². The van der Waals surface area contributed by atoms with Crippen LogP contribution in [-0.2, 0) is 25.3 Å². The fourth-order valence-electron chi connectivity index (χ4n) is 4.98. The van der Waals surface area contributed by atoms with Crippen LogP contribution < -0.4 is 9.47 Å². The SMILES string of the molecule is CCc1nn(C)c2cc(C(C#N)(CCCN(C)CCc3ccc(OC)c(OC)c3)C(C)C)ccc12. The van der Waals surface area contributed by atoms with Crippen LogP contribution in [0.15, 0.2) is 36.4 Å². The van der Waals surface area contributed by atoms with E-state index in [-0.39, 0.29) is 5.92 Å². The molecule has 0 bridgehead atoms. The van der Waals surface area contributed by atoms with Gasteiger partial charge in [-0.2, -0.15) is 10.4 Å². The van der Waals surface area contributed by atoms with Crippen molar-refractivity contribution in [1.82, 2.24) is 14.7 Å². The monoisotopic (exact) mass is 476 g/mol. The Morgan fingerprint density at radius 1 is 1.09 bits per heavy atom. The van der Waals surface area contributed by atoms with Gasteiger partial charge in [0.25, 0.3) is 0 Å². The molecule has 0 radical (unpaired) electrons. The lowest BCUT2D eigenvalue weighted by Crippen LogP contribution is -2.32. The second-order valence-electron chi connectivity index (χ2n) is 9.74. The Bertz CT molecular complexity index is 1180. The maximum absolute atomic E-state index is 10.4. The van der Waals surface area contributed by atoms with Gasteiger partial charge in [0.2, 0.25) is 0 Å². The quantitative estimate of drug-likeness (QED) is 0.344. The summed E-state index contributed by atoms with van der Waals surface area (Å²) in [5, 5.41) is 16.2. The van der Waals surface area contributed by atoms with Gasteiger partial charge in [0.05, 0.1) is 36.9 Å². The summed E-state index contributed by atoms with van der Waals surface area (Å²) in [6.45, 7) is 8.34. The lowest BCUT2D eigenvalue weighted by molar-refractivity contribution is 0.294. The number of fused-ring (bicyclic) bond motifs is 1. The van der Waals surface area contributed by atoms with Crippen LogP contribution in [0, 0.1) is 17.2 Å². The predicted octanol–water partition coefficient (Wildman–Crippen LogP) is 5.52. The predicted molar refractivity (Wildman–Crippen MR) is 142 cm³/mol. The van der Waals surface area contributed by atoms with Crippen molar-refractivity contribution in [1.29, 1.82) is 5.26 Å². The van der Waals surface area contributed by atoms with Crippen molar-refractivity contribution >= 4 is 10.9 Å². The van der Waals surface area contributed by atoms with Gasteiger partial charge in [-0.15, -0.1) is 0 Å². The summed E-state index contributed by atoms with van der Waals surface area (Å²) < 4.78 is 12.7. The summed E-state index contributed by atoms with van der Waals surface area (Å²) in [6.07, 6.45) is 3.62. The molecule has 1 unspecified atom stereocenters. The summed E-state index contributed by atoms with van der Waals surface area (Å²) in [5.41, 5.74) is 4.01. The van der Waals surface area contributed by atoms with Crippen LogP contribution in [0.4, 0.5) is 0 Å². The lowest BCUT2D eigenvalue weighted by atomic mass is 9.69. The minimum absolute atomic E-state index is 0.209. The summed E-state index contributed by atoms with van der Waals surface area (Å²) in [7, 11) is 7.46. The van der Waals surface area contributed by atoms with E-state index in [1.165, 1.54) is 10.9 Å². The molecule has 188 valence electrons. The first kappa shape index (κ1) is 26.6. The third kappa shape index (κ3) is 5.62. The van der Waals surface area contributed by atoms with Gasteiger partial charge in [-0.05, 0) is 74.5 Å². The van der Waals surface area contributed by atoms with E-state index >= 15 is 0 Å². The molecule has 0 fully saturated rings. The second kappa shape index (κ2) is 11.6. The van der Waals surface area contributed by atoms with E-state index in [2.05, 4.69) is 68.2 Å². The van der Waals surface area contributed by atoms with E-state index in [1.807, 2.05) is 23.9 Å².